The quantitative estimate of drug-likeness (QED) is 0.217. The molecule has 0 N–H and O–H groups in total. The molecule has 8 heteroatoms. The van der Waals surface area contributed by atoms with Crippen LogP contribution in [-0.2, 0) is 13.6 Å². The normalized spacial score (nSPS) is 11.8. The van der Waals surface area contributed by atoms with Gasteiger partial charge in [-0.1, -0.05) is 6.07 Å². The Bertz CT molecular complexity index is 1370. The van der Waals surface area contributed by atoms with E-state index >= 15 is 0 Å². The summed E-state index contributed by atoms with van der Waals surface area (Å²) in [6.07, 6.45) is 0. The van der Waals surface area contributed by atoms with E-state index < -0.39 is 7.82 Å². The minimum absolute atomic E-state index is 0.160. The Balaban J connectivity index is 1.93. The van der Waals surface area contributed by atoms with Crippen LogP contribution >= 0.6 is 7.82 Å². The van der Waals surface area contributed by atoms with Crippen molar-refractivity contribution in [2.45, 2.75) is 20.8 Å². The lowest BCUT2D eigenvalue weighted by molar-refractivity contribution is 0.167. The lowest BCUT2D eigenvalue weighted by Crippen LogP contribution is -2.03. The molecule has 0 atom stereocenters. The molecular formula is C25H25O7P. The van der Waals surface area contributed by atoms with Crippen LogP contribution in [0.5, 0.6) is 11.5 Å². The van der Waals surface area contributed by atoms with Gasteiger partial charge in [0.05, 0.1) is 20.3 Å². The summed E-state index contributed by atoms with van der Waals surface area (Å²) in [5.41, 5.74) is 4.01. The highest BCUT2D eigenvalue weighted by atomic mass is 31.2. The number of hydrogen-bond acceptors (Lipinski definition) is 7. The van der Waals surface area contributed by atoms with Crippen LogP contribution in [0.1, 0.15) is 19.4 Å². The summed E-state index contributed by atoms with van der Waals surface area (Å²) in [6, 6.07) is 15.7. The van der Waals surface area contributed by atoms with Gasteiger partial charge in [0.1, 0.15) is 22.8 Å². The molecule has 4 rings (SSSR count). The number of rotatable bonds is 8. The van der Waals surface area contributed by atoms with E-state index in [-0.39, 0.29) is 24.4 Å². The molecule has 2 aromatic carbocycles. The molecule has 7 nitrogen and oxygen atoms in total. The summed E-state index contributed by atoms with van der Waals surface area (Å²) in [5.74, 6) is 1.47. The molecule has 1 heterocycles. The third-order valence-corrected chi connectivity index (χ3v) is 6.74. The molecule has 0 unspecified atom stereocenters. The van der Waals surface area contributed by atoms with Crippen molar-refractivity contribution in [3.63, 3.8) is 0 Å². The molecule has 172 valence electrons. The minimum Gasteiger partial charge on any atom is -0.497 e. The molecular weight excluding hydrogens is 443 g/mol. The van der Waals surface area contributed by atoms with Crippen LogP contribution in [0.4, 0.5) is 0 Å². The van der Waals surface area contributed by atoms with Gasteiger partial charge in [0.25, 0.3) is 0 Å². The highest BCUT2D eigenvalue weighted by Crippen LogP contribution is 2.50. The van der Waals surface area contributed by atoms with Gasteiger partial charge in [-0.05, 0) is 68.3 Å². The molecule has 0 bridgehead atoms. The Hall–Kier alpha value is -3.12. The summed E-state index contributed by atoms with van der Waals surface area (Å²) in [6.45, 7) is 5.77. The van der Waals surface area contributed by atoms with Gasteiger partial charge in [-0.2, -0.15) is 0 Å². The molecule has 1 aliphatic carbocycles. The monoisotopic (exact) mass is 468 g/mol. The molecule has 2 aliphatic rings. The van der Waals surface area contributed by atoms with Crippen molar-refractivity contribution in [3.8, 4) is 33.9 Å². The number of phosphoric ester groups is 1. The zero-order valence-electron chi connectivity index (χ0n) is 18.9. The van der Waals surface area contributed by atoms with E-state index in [9.17, 15) is 9.36 Å². The van der Waals surface area contributed by atoms with Crippen LogP contribution in [-0.4, -0.2) is 20.3 Å². The van der Waals surface area contributed by atoms with Crippen molar-refractivity contribution >= 4 is 18.8 Å². The smallest absolute Gasteiger partial charge is 0.497 e. The maximum atomic E-state index is 12.8. The van der Waals surface area contributed by atoms with Crippen LogP contribution in [0.3, 0.4) is 0 Å². The van der Waals surface area contributed by atoms with E-state index in [1.165, 1.54) is 12.1 Å². The summed E-state index contributed by atoms with van der Waals surface area (Å²) in [5, 5.41) is 0.810. The molecule has 0 spiro atoms. The second-order valence-electron chi connectivity index (χ2n) is 7.35. The molecule has 0 radical (unpaired) electrons. The summed E-state index contributed by atoms with van der Waals surface area (Å²) in [4.78, 5) is 12.0. The maximum Gasteiger partial charge on any atom is 0.530 e. The van der Waals surface area contributed by atoms with E-state index in [2.05, 4.69) is 0 Å². The van der Waals surface area contributed by atoms with Gasteiger partial charge < -0.3 is 13.7 Å². The Kier molecular flexibility index (Phi) is 6.56. The number of ether oxygens (including phenoxy) is 1. The van der Waals surface area contributed by atoms with Crippen molar-refractivity contribution < 1.29 is 27.3 Å². The number of hydrogen-bond donors (Lipinski definition) is 0. The van der Waals surface area contributed by atoms with Crippen molar-refractivity contribution in [1.29, 1.82) is 0 Å². The van der Waals surface area contributed by atoms with Crippen LogP contribution in [0.25, 0.3) is 33.4 Å². The SMILES string of the molecule is CCOP(=O)(OCC)Oc1ccc2c(-c3ccc(OC)cc3C)c3ccc(=O)cc-3oc2c1. The number of benzene rings is 3. The molecule has 2 aromatic rings. The molecule has 0 aromatic heterocycles. The first-order valence-corrected chi connectivity index (χ1v) is 12.1. The first-order valence-electron chi connectivity index (χ1n) is 10.6. The summed E-state index contributed by atoms with van der Waals surface area (Å²) in [7, 11) is -2.14. The third-order valence-electron chi connectivity index (χ3n) is 5.16. The number of methoxy groups -OCH3 is 1. The van der Waals surface area contributed by atoms with E-state index in [0.717, 1.165) is 33.4 Å². The minimum atomic E-state index is -3.77. The topological polar surface area (TPSA) is 84.2 Å². The molecule has 1 aliphatic heterocycles. The highest BCUT2D eigenvalue weighted by Gasteiger charge is 2.28. The lowest BCUT2D eigenvalue weighted by atomic mass is 9.91. The van der Waals surface area contributed by atoms with Crippen molar-refractivity contribution in [2.75, 3.05) is 20.3 Å². The summed E-state index contributed by atoms with van der Waals surface area (Å²) >= 11 is 0. The molecule has 0 amide bonds. The van der Waals surface area contributed by atoms with Crippen LogP contribution < -0.4 is 14.7 Å². The molecule has 0 saturated carbocycles. The fourth-order valence-corrected chi connectivity index (χ4v) is 4.96. The van der Waals surface area contributed by atoms with Gasteiger partial charge in [-0.15, -0.1) is 0 Å². The van der Waals surface area contributed by atoms with Gasteiger partial charge in [-0.25, -0.2) is 4.57 Å². The average Bonchev–Trinajstić information content (AvgIpc) is 2.77. The molecule has 0 saturated heterocycles. The van der Waals surface area contributed by atoms with Crippen molar-refractivity contribution in [3.05, 3.63) is 70.4 Å². The van der Waals surface area contributed by atoms with Crippen LogP contribution in [0.2, 0.25) is 0 Å². The summed E-state index contributed by atoms with van der Waals surface area (Å²) < 4.78 is 40.3. The van der Waals surface area contributed by atoms with E-state index in [1.807, 2.05) is 31.2 Å². The predicted molar refractivity (Wildman–Crippen MR) is 127 cm³/mol. The molecule has 0 fully saturated rings. The predicted octanol–water partition coefficient (Wildman–Crippen LogP) is 6.44. The number of fused-ring (bicyclic) bond motifs is 2. The van der Waals surface area contributed by atoms with Gasteiger partial charge in [0.15, 0.2) is 5.43 Å². The number of phosphoric acid groups is 1. The fourth-order valence-electron chi connectivity index (χ4n) is 3.78. The zero-order valence-corrected chi connectivity index (χ0v) is 19.8. The van der Waals surface area contributed by atoms with Crippen molar-refractivity contribution in [1.82, 2.24) is 0 Å². The third kappa shape index (κ3) is 4.67. The standard InChI is InChI=1S/C25H25O7P/c1-5-29-33(27,30-6-2)32-19-9-12-22-24(15-19)31-23-14-17(26)7-10-21(23)25(22)20-11-8-18(28-4)13-16(20)3/h7-15H,5-6H2,1-4H3. The fraction of sp³-hybridized carbons (Fsp3) is 0.240. The first-order chi connectivity index (χ1) is 15.9. The van der Waals surface area contributed by atoms with E-state index in [1.54, 1.807) is 39.2 Å². The van der Waals surface area contributed by atoms with Gasteiger partial charge >= 0.3 is 7.82 Å². The largest absolute Gasteiger partial charge is 0.530 e. The Labute approximate surface area is 191 Å². The zero-order chi connectivity index (χ0) is 23.6. The van der Waals surface area contributed by atoms with Gasteiger partial charge in [0.2, 0.25) is 0 Å². The maximum absolute atomic E-state index is 12.8. The Morgan fingerprint density at radius 3 is 2.24 bits per heavy atom. The Morgan fingerprint density at radius 1 is 0.879 bits per heavy atom. The second-order valence-corrected chi connectivity index (χ2v) is 8.94. The van der Waals surface area contributed by atoms with Crippen LogP contribution in [0.15, 0.2) is 63.8 Å². The number of aryl methyl sites for hydroxylation is 1. The first kappa shape index (κ1) is 23.1. The van der Waals surface area contributed by atoms with Gasteiger partial charge in [0, 0.05) is 28.6 Å². The highest BCUT2D eigenvalue weighted by molar-refractivity contribution is 7.48. The van der Waals surface area contributed by atoms with Crippen molar-refractivity contribution in [2.24, 2.45) is 0 Å². The lowest BCUT2D eigenvalue weighted by Gasteiger charge is -2.19. The van der Waals surface area contributed by atoms with Gasteiger partial charge in [-0.3, -0.25) is 13.8 Å². The Morgan fingerprint density at radius 2 is 1.58 bits per heavy atom. The van der Waals surface area contributed by atoms with E-state index in [4.69, 9.17) is 22.7 Å². The van der Waals surface area contributed by atoms with Crippen LogP contribution in [0, 0.1) is 6.92 Å². The average molecular weight is 468 g/mol. The van der Waals surface area contributed by atoms with E-state index in [0.29, 0.717) is 11.3 Å². The second kappa shape index (κ2) is 9.40. The molecule has 33 heavy (non-hydrogen) atoms.